The SMILES string of the molecule is CCS(=N)(=O)c1c[c]ccc1-c1nc2cc(C(F)(F)F)cnc2n1C. The third kappa shape index (κ3) is 2.99. The molecule has 1 unspecified atom stereocenters. The predicted octanol–water partition coefficient (Wildman–Crippen LogP) is 3.88. The second-order valence-electron chi connectivity index (χ2n) is 5.45. The number of halogens is 3. The molecule has 0 aliphatic rings. The lowest BCUT2D eigenvalue weighted by Gasteiger charge is -2.11. The average Bonchev–Trinajstić information content (AvgIpc) is 2.90. The first-order valence-corrected chi connectivity index (χ1v) is 9.04. The Labute approximate surface area is 142 Å². The summed E-state index contributed by atoms with van der Waals surface area (Å²) in [7, 11) is -1.43. The molecule has 0 aliphatic carbocycles. The van der Waals surface area contributed by atoms with Gasteiger partial charge in [0.25, 0.3) is 0 Å². The van der Waals surface area contributed by atoms with Crippen molar-refractivity contribution in [1.29, 1.82) is 4.78 Å². The van der Waals surface area contributed by atoms with Crippen LogP contribution >= 0.6 is 0 Å². The lowest BCUT2D eigenvalue weighted by atomic mass is 10.2. The van der Waals surface area contributed by atoms with Gasteiger partial charge in [-0.1, -0.05) is 13.0 Å². The third-order valence-corrected chi connectivity index (χ3v) is 5.73. The van der Waals surface area contributed by atoms with E-state index >= 15 is 0 Å². The Morgan fingerprint density at radius 3 is 2.76 bits per heavy atom. The summed E-state index contributed by atoms with van der Waals surface area (Å²) in [5, 5.41) is 0. The number of alkyl halides is 3. The molecule has 0 saturated carbocycles. The van der Waals surface area contributed by atoms with Gasteiger partial charge in [-0.25, -0.2) is 19.0 Å². The van der Waals surface area contributed by atoms with Gasteiger partial charge in [-0.05, 0) is 24.3 Å². The summed E-state index contributed by atoms with van der Waals surface area (Å²) in [5.41, 5.74) is -0.104. The minimum Gasteiger partial charge on any atom is -0.312 e. The zero-order chi connectivity index (χ0) is 18.4. The number of hydrogen-bond acceptors (Lipinski definition) is 4. The Morgan fingerprint density at radius 2 is 2.12 bits per heavy atom. The highest BCUT2D eigenvalue weighted by Crippen LogP contribution is 2.33. The molecule has 0 aliphatic heterocycles. The molecule has 1 N–H and O–H groups in total. The summed E-state index contributed by atoms with van der Waals surface area (Å²) in [4.78, 5) is 8.36. The van der Waals surface area contributed by atoms with Crippen molar-refractivity contribution in [3.05, 3.63) is 42.1 Å². The maximum Gasteiger partial charge on any atom is 0.417 e. The molecule has 131 valence electrons. The van der Waals surface area contributed by atoms with Crippen LogP contribution in [0.15, 0.2) is 35.4 Å². The van der Waals surface area contributed by atoms with Crippen molar-refractivity contribution in [2.75, 3.05) is 5.75 Å². The Morgan fingerprint density at radius 1 is 1.40 bits per heavy atom. The highest BCUT2D eigenvalue weighted by atomic mass is 32.2. The van der Waals surface area contributed by atoms with Crippen molar-refractivity contribution in [1.82, 2.24) is 14.5 Å². The van der Waals surface area contributed by atoms with Gasteiger partial charge in [-0.15, -0.1) is 0 Å². The second kappa shape index (κ2) is 5.83. The molecule has 0 saturated heterocycles. The molecule has 1 aromatic carbocycles. The van der Waals surface area contributed by atoms with Crippen LogP contribution in [-0.4, -0.2) is 24.5 Å². The number of aryl methyl sites for hydroxylation is 1. The Balaban J connectivity index is 2.26. The number of aromatic nitrogens is 3. The first-order valence-electron chi connectivity index (χ1n) is 7.32. The van der Waals surface area contributed by atoms with E-state index in [4.69, 9.17) is 4.78 Å². The van der Waals surface area contributed by atoms with Crippen molar-refractivity contribution in [2.45, 2.75) is 18.0 Å². The van der Waals surface area contributed by atoms with Crippen LogP contribution in [0.4, 0.5) is 13.2 Å². The molecule has 9 heteroatoms. The van der Waals surface area contributed by atoms with Gasteiger partial charge in [0.15, 0.2) is 5.65 Å². The fraction of sp³-hybridized carbons (Fsp3) is 0.250. The van der Waals surface area contributed by atoms with Gasteiger partial charge in [0.2, 0.25) is 0 Å². The minimum atomic E-state index is -4.51. The highest BCUT2D eigenvalue weighted by Gasteiger charge is 2.32. The van der Waals surface area contributed by atoms with Crippen LogP contribution in [0.5, 0.6) is 0 Å². The topological polar surface area (TPSA) is 71.6 Å². The van der Waals surface area contributed by atoms with Crippen LogP contribution in [0.25, 0.3) is 22.6 Å². The zero-order valence-corrected chi connectivity index (χ0v) is 14.2. The molecule has 0 spiro atoms. The van der Waals surface area contributed by atoms with E-state index in [0.717, 1.165) is 12.3 Å². The van der Waals surface area contributed by atoms with Crippen molar-refractivity contribution >= 4 is 20.9 Å². The number of nitrogens with one attached hydrogen (secondary N) is 1. The summed E-state index contributed by atoms with van der Waals surface area (Å²) in [6, 6.07) is 8.37. The Bertz CT molecular complexity index is 1050. The van der Waals surface area contributed by atoms with Gasteiger partial charge >= 0.3 is 6.18 Å². The minimum absolute atomic E-state index is 0.0825. The summed E-state index contributed by atoms with van der Waals surface area (Å²) in [5.74, 6) is 0.414. The molecule has 5 nitrogen and oxygen atoms in total. The van der Waals surface area contributed by atoms with Crippen LogP contribution in [0.1, 0.15) is 12.5 Å². The van der Waals surface area contributed by atoms with Gasteiger partial charge < -0.3 is 4.57 Å². The lowest BCUT2D eigenvalue weighted by Crippen LogP contribution is -2.06. The quantitative estimate of drug-likeness (QED) is 0.764. The number of fused-ring (bicyclic) bond motifs is 1. The van der Waals surface area contributed by atoms with Crippen molar-refractivity contribution < 1.29 is 17.4 Å². The molecule has 3 aromatic rings. The number of benzene rings is 1. The maximum absolute atomic E-state index is 12.9. The second-order valence-corrected chi connectivity index (χ2v) is 7.81. The van der Waals surface area contributed by atoms with E-state index in [1.54, 1.807) is 26.1 Å². The highest BCUT2D eigenvalue weighted by molar-refractivity contribution is 7.92. The van der Waals surface area contributed by atoms with Crippen LogP contribution in [-0.2, 0) is 23.0 Å². The van der Waals surface area contributed by atoms with Crippen LogP contribution in [0.2, 0.25) is 0 Å². The summed E-state index contributed by atoms with van der Waals surface area (Å²) < 4.78 is 60.7. The molecule has 25 heavy (non-hydrogen) atoms. The molecule has 0 fully saturated rings. The summed E-state index contributed by atoms with van der Waals surface area (Å²) in [6.07, 6.45) is -3.75. The molecule has 2 aromatic heterocycles. The van der Waals surface area contributed by atoms with E-state index in [9.17, 15) is 17.4 Å². The Hall–Kier alpha value is -2.42. The van der Waals surface area contributed by atoms with E-state index < -0.39 is 21.5 Å². The molecular weight excluding hydrogens is 353 g/mol. The first-order chi connectivity index (χ1) is 11.6. The van der Waals surface area contributed by atoms with E-state index in [2.05, 4.69) is 16.0 Å². The number of rotatable bonds is 3. The predicted molar refractivity (Wildman–Crippen MR) is 87.5 cm³/mol. The van der Waals surface area contributed by atoms with Crippen LogP contribution in [0.3, 0.4) is 0 Å². The molecular formula is C16H14F3N4OS. The lowest BCUT2D eigenvalue weighted by molar-refractivity contribution is -0.137. The molecule has 2 heterocycles. The van der Waals surface area contributed by atoms with Crippen molar-refractivity contribution in [3.8, 4) is 11.4 Å². The van der Waals surface area contributed by atoms with E-state index in [-0.39, 0.29) is 21.8 Å². The van der Waals surface area contributed by atoms with Crippen LogP contribution in [0, 0.1) is 10.8 Å². The summed E-state index contributed by atoms with van der Waals surface area (Å²) in [6.45, 7) is 1.64. The fourth-order valence-corrected chi connectivity index (χ4v) is 3.58. The third-order valence-electron chi connectivity index (χ3n) is 3.87. The molecule has 3 rings (SSSR count). The van der Waals surface area contributed by atoms with Crippen LogP contribution < -0.4 is 0 Å². The van der Waals surface area contributed by atoms with E-state index in [1.165, 1.54) is 10.6 Å². The number of pyridine rings is 1. The number of imidazole rings is 1. The van der Waals surface area contributed by atoms with Gasteiger partial charge in [0.05, 0.1) is 20.2 Å². The molecule has 0 amide bonds. The molecule has 1 atom stereocenters. The van der Waals surface area contributed by atoms with Crippen molar-refractivity contribution in [2.24, 2.45) is 7.05 Å². The number of hydrogen-bond donors (Lipinski definition) is 1. The average molecular weight is 367 g/mol. The number of nitrogens with zero attached hydrogens (tertiary/aromatic N) is 3. The molecule has 0 bridgehead atoms. The maximum atomic E-state index is 12.9. The van der Waals surface area contributed by atoms with Gasteiger partial charge in [-0.3, -0.25) is 0 Å². The van der Waals surface area contributed by atoms with Gasteiger partial charge in [-0.2, -0.15) is 13.2 Å². The fourth-order valence-electron chi connectivity index (χ4n) is 2.50. The molecule has 1 radical (unpaired) electrons. The monoisotopic (exact) mass is 367 g/mol. The Kier molecular flexibility index (Phi) is 4.06. The smallest absolute Gasteiger partial charge is 0.312 e. The standard InChI is InChI=1S/C16H14F3N4OS/c1-3-25(20,24)13-7-5-4-6-11(13)14-22-12-8-10(16(17,18)19)9-21-15(12)23(14)2/h4,6-9,20H,3H2,1-2H3. The van der Waals surface area contributed by atoms with Crippen molar-refractivity contribution in [3.63, 3.8) is 0 Å². The van der Waals surface area contributed by atoms with Gasteiger partial charge in [0, 0.05) is 24.6 Å². The zero-order valence-electron chi connectivity index (χ0n) is 13.4. The normalized spacial score (nSPS) is 14.6. The van der Waals surface area contributed by atoms with Gasteiger partial charge in [0.1, 0.15) is 11.3 Å². The largest absolute Gasteiger partial charge is 0.417 e. The van der Waals surface area contributed by atoms with E-state index in [1.807, 2.05) is 0 Å². The van der Waals surface area contributed by atoms with E-state index in [0.29, 0.717) is 11.4 Å². The summed E-state index contributed by atoms with van der Waals surface area (Å²) >= 11 is 0. The first kappa shape index (κ1) is 17.4.